The average molecular weight is 382 g/mol. The van der Waals surface area contributed by atoms with Crippen LogP contribution in [0.15, 0.2) is 36.4 Å². The molecule has 0 fully saturated rings. The van der Waals surface area contributed by atoms with Crippen molar-refractivity contribution in [2.75, 3.05) is 27.2 Å². The summed E-state index contributed by atoms with van der Waals surface area (Å²) in [7, 11) is 4.17. The molecule has 0 atom stereocenters. The molecule has 2 rings (SSSR count). The Bertz CT molecular complexity index is 669. The van der Waals surface area contributed by atoms with Crippen molar-refractivity contribution in [3.63, 3.8) is 0 Å². The number of nitrogens with zero attached hydrogens (tertiary/aromatic N) is 1. The normalized spacial score (nSPS) is 11.0. The molecule has 0 spiro atoms. The molecule has 0 aliphatic carbocycles. The fourth-order valence-corrected chi connectivity index (χ4v) is 3.02. The Kier molecular flexibility index (Phi) is 7.89. The van der Waals surface area contributed by atoms with E-state index in [9.17, 15) is 0 Å². The summed E-state index contributed by atoms with van der Waals surface area (Å²) in [6.45, 7) is 3.92. The molecule has 25 heavy (non-hydrogen) atoms. The fourth-order valence-electron chi connectivity index (χ4n) is 2.52. The molecule has 136 valence electrons. The second-order valence-corrected chi connectivity index (χ2v) is 6.92. The van der Waals surface area contributed by atoms with Crippen LogP contribution in [0.25, 0.3) is 0 Å². The summed E-state index contributed by atoms with van der Waals surface area (Å²) in [5.74, 6) is 1.46. The largest absolute Gasteiger partial charge is 0.490 e. The molecule has 0 saturated heterocycles. The van der Waals surface area contributed by atoms with E-state index in [0.29, 0.717) is 29.0 Å². The lowest BCUT2D eigenvalue weighted by Gasteiger charge is -2.15. The second kappa shape index (κ2) is 9.91. The van der Waals surface area contributed by atoms with Gasteiger partial charge in [0.05, 0.1) is 6.61 Å². The third-order valence-corrected chi connectivity index (χ3v) is 4.52. The fraction of sp³-hybridized carbons (Fsp3) is 0.400. The molecule has 5 heteroatoms. The van der Waals surface area contributed by atoms with Crippen LogP contribution in [0.1, 0.15) is 24.5 Å². The molecule has 0 bridgehead atoms. The number of hydrogen-bond donors (Lipinski definition) is 0. The van der Waals surface area contributed by atoms with Crippen molar-refractivity contribution in [3.05, 3.63) is 57.6 Å². The zero-order valence-corrected chi connectivity index (χ0v) is 16.5. The van der Waals surface area contributed by atoms with Gasteiger partial charge in [-0.2, -0.15) is 0 Å². The predicted molar refractivity (Wildman–Crippen MR) is 105 cm³/mol. The molecule has 0 amide bonds. The van der Waals surface area contributed by atoms with Gasteiger partial charge in [-0.1, -0.05) is 35.3 Å². The summed E-state index contributed by atoms with van der Waals surface area (Å²) in [4.78, 5) is 2.19. The van der Waals surface area contributed by atoms with Crippen molar-refractivity contribution < 1.29 is 9.47 Å². The third-order valence-electron chi connectivity index (χ3n) is 3.81. The minimum Gasteiger partial charge on any atom is -0.490 e. The first-order valence-corrected chi connectivity index (χ1v) is 9.23. The summed E-state index contributed by atoms with van der Waals surface area (Å²) in [5, 5.41) is 1.21. The van der Waals surface area contributed by atoms with Crippen LogP contribution in [0.4, 0.5) is 0 Å². The highest BCUT2D eigenvalue weighted by molar-refractivity contribution is 6.35. The quantitative estimate of drug-likeness (QED) is 0.574. The summed E-state index contributed by atoms with van der Waals surface area (Å²) in [6.07, 6.45) is 2.11. The van der Waals surface area contributed by atoms with Crippen LogP contribution < -0.4 is 9.47 Å². The van der Waals surface area contributed by atoms with E-state index in [2.05, 4.69) is 31.1 Å². The lowest BCUT2D eigenvalue weighted by molar-refractivity contribution is 0.269. The van der Waals surface area contributed by atoms with Crippen LogP contribution >= 0.6 is 23.2 Å². The molecule has 0 saturated carbocycles. The minimum atomic E-state index is 0.304. The van der Waals surface area contributed by atoms with Gasteiger partial charge in [-0.25, -0.2) is 0 Å². The highest BCUT2D eigenvalue weighted by Gasteiger charge is 2.10. The van der Waals surface area contributed by atoms with E-state index in [0.717, 1.165) is 30.7 Å². The Hall–Kier alpha value is -1.42. The Morgan fingerprint density at radius 2 is 1.68 bits per heavy atom. The van der Waals surface area contributed by atoms with Gasteiger partial charge in [-0.3, -0.25) is 0 Å². The van der Waals surface area contributed by atoms with Crippen molar-refractivity contribution in [3.8, 4) is 11.5 Å². The van der Waals surface area contributed by atoms with E-state index >= 15 is 0 Å². The van der Waals surface area contributed by atoms with Crippen molar-refractivity contribution in [2.45, 2.75) is 26.4 Å². The lowest BCUT2D eigenvalue weighted by atomic mass is 10.1. The van der Waals surface area contributed by atoms with E-state index in [4.69, 9.17) is 32.7 Å². The molecule has 3 nitrogen and oxygen atoms in total. The smallest absolute Gasteiger partial charge is 0.161 e. The number of halogens is 2. The van der Waals surface area contributed by atoms with E-state index in [1.165, 1.54) is 5.56 Å². The topological polar surface area (TPSA) is 21.7 Å². The molecule has 0 radical (unpaired) electrons. The van der Waals surface area contributed by atoms with Crippen LogP contribution in [-0.2, 0) is 13.0 Å². The van der Waals surface area contributed by atoms with E-state index in [1.807, 2.05) is 31.2 Å². The standard InChI is InChI=1S/C20H25Cl2NO2/c1-4-24-20-13-15(7-6-12-23(2)3)10-11-19(20)25-14-16-17(21)8-5-9-18(16)22/h5,8-11,13H,4,6-7,12,14H2,1-3H3. The number of aryl methyl sites for hydroxylation is 1. The van der Waals surface area contributed by atoms with Crippen LogP contribution in [0.2, 0.25) is 10.0 Å². The first-order chi connectivity index (χ1) is 12.0. The maximum atomic E-state index is 6.20. The first kappa shape index (κ1) is 19.9. The predicted octanol–water partition coefficient (Wildman–Crippen LogP) is 5.47. The molecular formula is C20H25Cl2NO2. The molecular weight excluding hydrogens is 357 g/mol. The zero-order valence-electron chi connectivity index (χ0n) is 15.0. The van der Waals surface area contributed by atoms with Crippen molar-refractivity contribution in [1.82, 2.24) is 4.90 Å². The van der Waals surface area contributed by atoms with Gasteiger partial charge in [-0.15, -0.1) is 0 Å². The van der Waals surface area contributed by atoms with Gasteiger partial charge in [0, 0.05) is 15.6 Å². The summed E-state index contributed by atoms with van der Waals surface area (Å²) in [6, 6.07) is 11.5. The van der Waals surface area contributed by atoms with Crippen molar-refractivity contribution >= 4 is 23.2 Å². The maximum Gasteiger partial charge on any atom is 0.161 e. The highest BCUT2D eigenvalue weighted by Crippen LogP contribution is 2.32. The van der Waals surface area contributed by atoms with E-state index in [-0.39, 0.29) is 0 Å². The van der Waals surface area contributed by atoms with Gasteiger partial charge in [0.2, 0.25) is 0 Å². The van der Waals surface area contributed by atoms with Crippen molar-refractivity contribution in [2.24, 2.45) is 0 Å². The Balaban J connectivity index is 2.08. The van der Waals surface area contributed by atoms with Gasteiger partial charge >= 0.3 is 0 Å². The van der Waals surface area contributed by atoms with Gasteiger partial charge in [0.25, 0.3) is 0 Å². The molecule has 0 N–H and O–H groups in total. The highest BCUT2D eigenvalue weighted by atomic mass is 35.5. The van der Waals surface area contributed by atoms with E-state index in [1.54, 1.807) is 0 Å². The number of hydrogen-bond acceptors (Lipinski definition) is 3. The maximum absolute atomic E-state index is 6.20. The van der Waals surface area contributed by atoms with Gasteiger partial charge < -0.3 is 14.4 Å². The molecule has 2 aromatic carbocycles. The summed E-state index contributed by atoms with van der Waals surface area (Å²) < 4.78 is 11.7. The molecule has 0 aromatic heterocycles. The zero-order chi connectivity index (χ0) is 18.2. The van der Waals surface area contributed by atoms with Gasteiger partial charge in [0.15, 0.2) is 11.5 Å². The van der Waals surface area contributed by atoms with Gasteiger partial charge in [-0.05, 0) is 70.2 Å². The monoisotopic (exact) mass is 381 g/mol. The number of benzene rings is 2. The SMILES string of the molecule is CCOc1cc(CCCN(C)C)ccc1OCc1c(Cl)cccc1Cl. The van der Waals surface area contributed by atoms with Crippen molar-refractivity contribution in [1.29, 1.82) is 0 Å². The van der Waals surface area contributed by atoms with Crippen LogP contribution in [0.3, 0.4) is 0 Å². The minimum absolute atomic E-state index is 0.304. The Morgan fingerprint density at radius 3 is 2.32 bits per heavy atom. The van der Waals surface area contributed by atoms with Crippen LogP contribution in [-0.4, -0.2) is 32.1 Å². The Morgan fingerprint density at radius 1 is 0.960 bits per heavy atom. The second-order valence-electron chi connectivity index (χ2n) is 6.11. The van der Waals surface area contributed by atoms with Crippen LogP contribution in [0.5, 0.6) is 11.5 Å². The summed E-state index contributed by atoms with van der Waals surface area (Å²) >= 11 is 12.4. The van der Waals surface area contributed by atoms with E-state index < -0.39 is 0 Å². The number of ether oxygens (including phenoxy) is 2. The number of rotatable bonds is 9. The Labute approximate surface area is 160 Å². The van der Waals surface area contributed by atoms with Crippen LogP contribution in [0, 0.1) is 0 Å². The molecule has 0 aliphatic heterocycles. The third kappa shape index (κ3) is 6.10. The first-order valence-electron chi connectivity index (χ1n) is 8.47. The molecule has 2 aromatic rings. The average Bonchev–Trinajstić information content (AvgIpc) is 2.56. The molecule has 0 unspecified atom stereocenters. The molecule has 0 aliphatic rings. The van der Waals surface area contributed by atoms with Gasteiger partial charge in [0.1, 0.15) is 6.61 Å². The lowest BCUT2D eigenvalue weighted by Crippen LogP contribution is -2.13. The summed E-state index contributed by atoms with van der Waals surface area (Å²) in [5.41, 5.74) is 2.02. The molecule has 0 heterocycles.